The molecule has 2 aliphatic rings. The van der Waals surface area contributed by atoms with E-state index in [-0.39, 0.29) is 91.6 Å². The third-order valence-corrected chi connectivity index (χ3v) is 9.49. The minimum Gasteiger partial charge on any atom is -0.347 e. The minimum absolute atomic E-state index is 0. The van der Waals surface area contributed by atoms with Gasteiger partial charge in [-0.25, -0.2) is 9.49 Å². The number of benzene rings is 2. The molecule has 1 saturated carbocycles. The van der Waals surface area contributed by atoms with Gasteiger partial charge in [-0.15, -0.1) is 0 Å². The van der Waals surface area contributed by atoms with E-state index < -0.39 is 11.5 Å². The van der Waals surface area contributed by atoms with E-state index in [0.717, 1.165) is 37.7 Å². The monoisotopic (exact) mass is 673 g/mol. The fraction of sp³-hybridized carbons (Fsp3) is 0.529. The molecule has 46 heavy (non-hydrogen) atoms. The largest absolute Gasteiger partial charge is 1.00 e. The molecule has 5 rings (SSSR count). The smallest absolute Gasteiger partial charge is 0.347 e. The van der Waals surface area contributed by atoms with E-state index in [1.807, 2.05) is 17.0 Å². The van der Waals surface area contributed by atoms with Crippen LogP contribution in [-0.2, 0) is 11.3 Å². The van der Waals surface area contributed by atoms with Crippen LogP contribution in [0.4, 0.5) is 4.39 Å². The first kappa shape index (κ1) is 36.8. The van der Waals surface area contributed by atoms with Crippen LogP contribution in [0.25, 0.3) is 0 Å². The maximum absolute atomic E-state index is 14.5. The summed E-state index contributed by atoms with van der Waals surface area (Å²) in [6.07, 6.45) is 4.93. The number of nitrogens with zero attached hydrogens (tertiary/aromatic N) is 6. The summed E-state index contributed by atoms with van der Waals surface area (Å²) in [6.45, 7) is 13.5. The van der Waals surface area contributed by atoms with Gasteiger partial charge in [0, 0.05) is 11.1 Å². The molecule has 9 nitrogen and oxygen atoms in total. The first-order valence-corrected chi connectivity index (χ1v) is 16.0. The van der Waals surface area contributed by atoms with Crippen molar-refractivity contribution in [3.8, 4) is 0 Å². The first-order chi connectivity index (χ1) is 21.2. The summed E-state index contributed by atoms with van der Waals surface area (Å²) >= 11 is 6.17. The second-order valence-corrected chi connectivity index (χ2v) is 15.0. The van der Waals surface area contributed by atoms with Gasteiger partial charge >= 0.3 is 51.4 Å². The van der Waals surface area contributed by atoms with Gasteiger partial charge in [0.1, 0.15) is 17.2 Å². The van der Waals surface area contributed by atoms with Crippen LogP contribution in [0, 0.1) is 22.6 Å². The Morgan fingerprint density at radius 3 is 2.35 bits per heavy atom. The molecular weight excluding hydrogens is 632 g/mol. The Kier molecular flexibility index (Phi) is 11.7. The number of carbonyl (C=O) groups is 2. The molecule has 12 heteroatoms. The molecule has 2 heterocycles. The Morgan fingerprint density at radius 2 is 1.78 bits per heavy atom. The Hall–Kier alpha value is -2.02. The summed E-state index contributed by atoms with van der Waals surface area (Å²) in [5, 5.41) is 17.1. The Balaban J connectivity index is 0.00000480. The molecular formula is C34H42ClFKN7O2. The average Bonchev–Trinajstić information content (AvgIpc) is 3.60. The van der Waals surface area contributed by atoms with Gasteiger partial charge in [0.25, 0.3) is 11.8 Å². The number of hydrogen-bond acceptors (Lipinski definition) is 6. The number of hydrogen-bond donors (Lipinski definition) is 1. The summed E-state index contributed by atoms with van der Waals surface area (Å²) in [5.41, 5.74) is 1.70. The van der Waals surface area contributed by atoms with Crippen molar-refractivity contribution in [2.75, 3.05) is 0 Å². The summed E-state index contributed by atoms with van der Waals surface area (Å²) in [4.78, 5) is 34.6. The number of aromatic nitrogens is 4. The van der Waals surface area contributed by atoms with Crippen molar-refractivity contribution in [3.63, 3.8) is 0 Å². The van der Waals surface area contributed by atoms with Crippen LogP contribution in [0.1, 0.15) is 113 Å². The molecule has 1 aromatic heterocycles. The molecule has 240 valence electrons. The number of carbonyl (C=O) groups excluding carboxylic acids is 2. The van der Waals surface area contributed by atoms with E-state index in [1.165, 1.54) is 12.1 Å². The molecule has 0 unspecified atom stereocenters. The molecule has 1 N–H and O–H groups in total. The average molecular weight is 674 g/mol. The molecule has 3 aromatic rings. The van der Waals surface area contributed by atoms with Crippen molar-refractivity contribution < 1.29 is 65.4 Å². The van der Waals surface area contributed by atoms with Crippen molar-refractivity contribution >= 4 is 29.1 Å². The van der Waals surface area contributed by atoms with Gasteiger partial charge in [-0.1, -0.05) is 65.3 Å². The maximum atomic E-state index is 14.5. The van der Waals surface area contributed by atoms with E-state index in [9.17, 15) is 14.0 Å². The Morgan fingerprint density at radius 1 is 1.11 bits per heavy atom. The number of rotatable bonds is 8. The minimum atomic E-state index is -0.727. The second kappa shape index (κ2) is 14.6. The molecule has 0 radical (unpaired) electrons. The fourth-order valence-electron chi connectivity index (χ4n) is 6.54. The van der Waals surface area contributed by atoms with Crippen molar-refractivity contribution in [1.29, 1.82) is 0 Å². The third-order valence-electron chi connectivity index (χ3n) is 9.20. The van der Waals surface area contributed by atoms with Crippen molar-refractivity contribution in [3.05, 3.63) is 75.8 Å². The Bertz CT molecular complexity index is 1560. The normalized spacial score (nSPS) is 20.8. The molecule has 0 bridgehead atoms. The molecule has 1 atom stereocenters. The van der Waals surface area contributed by atoms with E-state index in [1.54, 1.807) is 18.2 Å². The number of nitrogens with one attached hydrogen (secondary N) is 1. The van der Waals surface area contributed by atoms with Gasteiger partial charge in [0.05, 0.1) is 23.4 Å². The standard InChI is InChI=1S/C34H43ClFN7O2.K/c1-32(2,3)16-15-27(21-7-9-22(10-8-21)30(44)37-20-28-39-41-42-40-28)43-31(45)29(23-11-12-26(36)25(35)19-23)38-34(43)17-13-24(14-18-34)33(4,5)6;/h7-12,19,24,27H,13-18,20H2,1-6H3,(H2,37,39,40,41,42,44);/q;+1/p-1/t24?,27-,34?;/m1./s1. The van der Waals surface area contributed by atoms with Crippen molar-refractivity contribution in [2.45, 2.75) is 98.3 Å². The predicted octanol–water partition coefficient (Wildman–Crippen LogP) is 3.69. The zero-order chi connectivity index (χ0) is 32.6. The van der Waals surface area contributed by atoms with Gasteiger partial charge in [-0.2, -0.15) is 0 Å². The molecule has 1 aliphatic carbocycles. The second-order valence-electron chi connectivity index (χ2n) is 14.6. The van der Waals surface area contributed by atoms with E-state index in [4.69, 9.17) is 16.6 Å². The summed E-state index contributed by atoms with van der Waals surface area (Å²) in [5.74, 6) is -0.142. The van der Waals surface area contributed by atoms with E-state index in [0.29, 0.717) is 35.0 Å². The zero-order valence-electron chi connectivity index (χ0n) is 27.9. The van der Waals surface area contributed by atoms with Crippen LogP contribution in [0.3, 0.4) is 0 Å². The van der Waals surface area contributed by atoms with Crippen LogP contribution in [0.2, 0.25) is 5.02 Å². The van der Waals surface area contributed by atoms with Crippen LogP contribution < -0.4 is 61.9 Å². The number of aliphatic imine (C=N–C) groups is 1. The van der Waals surface area contributed by atoms with Crippen LogP contribution in [0.5, 0.6) is 0 Å². The predicted molar refractivity (Wildman–Crippen MR) is 171 cm³/mol. The Labute approximate surface area is 318 Å². The van der Waals surface area contributed by atoms with Crippen LogP contribution in [0.15, 0.2) is 47.5 Å². The van der Waals surface area contributed by atoms with E-state index >= 15 is 0 Å². The zero-order valence-corrected chi connectivity index (χ0v) is 31.8. The fourth-order valence-corrected chi connectivity index (χ4v) is 6.72. The molecule has 0 saturated heterocycles. The van der Waals surface area contributed by atoms with Gasteiger partial charge < -0.3 is 15.3 Å². The molecule has 1 spiro atoms. The topological polar surface area (TPSA) is 115 Å². The van der Waals surface area contributed by atoms with Gasteiger partial charge in [-0.3, -0.25) is 25.0 Å². The van der Waals surface area contributed by atoms with Crippen molar-refractivity contribution in [2.24, 2.45) is 21.7 Å². The van der Waals surface area contributed by atoms with Gasteiger partial charge in [0.15, 0.2) is 0 Å². The molecule has 1 fully saturated rings. The number of amides is 2. The van der Waals surface area contributed by atoms with Gasteiger partial charge in [-0.05, 0) is 91.2 Å². The summed E-state index contributed by atoms with van der Waals surface area (Å²) < 4.78 is 14.1. The quantitative estimate of drug-likeness (QED) is 0.365. The van der Waals surface area contributed by atoms with Crippen molar-refractivity contribution in [1.82, 2.24) is 30.8 Å². The summed E-state index contributed by atoms with van der Waals surface area (Å²) in [6, 6.07) is 11.5. The number of tetrazole rings is 1. The molecule has 1 aliphatic heterocycles. The summed E-state index contributed by atoms with van der Waals surface area (Å²) in [7, 11) is 0. The molecule has 2 aromatic carbocycles. The third kappa shape index (κ3) is 8.33. The number of halogens is 2. The van der Waals surface area contributed by atoms with E-state index in [2.05, 4.69) is 67.5 Å². The maximum Gasteiger partial charge on any atom is 1.00 e. The van der Waals surface area contributed by atoms with Crippen LogP contribution >= 0.6 is 11.6 Å². The first-order valence-electron chi connectivity index (χ1n) is 15.6. The SMILES string of the molecule is CC(C)(C)CC[C@H](c1ccc(C(=O)NCc2nn[n-]n2)cc1)N1C(=O)C(c2ccc(F)c(Cl)c2)=NC12CCC(C(C)(C)C)CC2.[K+]. The van der Waals surface area contributed by atoms with Crippen LogP contribution in [-0.4, -0.2) is 43.5 Å². The van der Waals surface area contributed by atoms with Gasteiger partial charge in [0.2, 0.25) is 0 Å². The molecule has 2 amide bonds.